The Balaban J connectivity index is 1.47. The van der Waals surface area contributed by atoms with E-state index in [2.05, 4.69) is 19.9 Å². The first kappa shape index (κ1) is 18.6. The van der Waals surface area contributed by atoms with Gasteiger partial charge in [0.15, 0.2) is 0 Å². The summed E-state index contributed by atoms with van der Waals surface area (Å²) in [5, 5.41) is 4.10. The van der Waals surface area contributed by atoms with Gasteiger partial charge in [0.2, 0.25) is 5.91 Å². The minimum atomic E-state index is -0.256. The van der Waals surface area contributed by atoms with Crippen molar-refractivity contribution in [2.45, 2.75) is 18.9 Å². The van der Waals surface area contributed by atoms with Gasteiger partial charge >= 0.3 is 0 Å². The summed E-state index contributed by atoms with van der Waals surface area (Å²) in [6.07, 6.45) is 7.53. The number of hydrogen-bond donors (Lipinski definition) is 0. The van der Waals surface area contributed by atoms with Crippen molar-refractivity contribution in [2.24, 2.45) is 7.05 Å². The van der Waals surface area contributed by atoms with Gasteiger partial charge in [-0.25, -0.2) is 4.68 Å². The van der Waals surface area contributed by atoms with E-state index in [1.165, 1.54) is 4.68 Å². The Morgan fingerprint density at radius 1 is 1.07 bits per heavy atom. The molecule has 2 aliphatic rings. The molecule has 148 valence electrons. The van der Waals surface area contributed by atoms with Gasteiger partial charge in [0.25, 0.3) is 5.56 Å². The first-order valence-corrected chi connectivity index (χ1v) is 9.84. The Bertz CT molecular complexity index is 870. The van der Waals surface area contributed by atoms with Crippen LogP contribution >= 0.6 is 0 Å². The number of anilines is 1. The number of likely N-dealkylation sites (tertiary alicyclic amines) is 1. The van der Waals surface area contributed by atoms with Crippen LogP contribution in [-0.4, -0.2) is 69.7 Å². The second-order valence-electron chi connectivity index (χ2n) is 7.42. The second kappa shape index (κ2) is 8.10. The molecule has 2 fully saturated rings. The molecule has 1 amide bonds. The summed E-state index contributed by atoms with van der Waals surface area (Å²) in [4.78, 5) is 35.8. The molecule has 0 N–H and O–H groups in total. The molecule has 0 aromatic carbocycles. The monoisotopic (exact) mass is 382 g/mol. The maximum absolute atomic E-state index is 13.4. The van der Waals surface area contributed by atoms with Crippen LogP contribution in [0.2, 0.25) is 0 Å². The standard InChI is InChI=1S/C20H26N6O2/c1-23-18(27)13-17(15-22-23)24-9-11-26(12-10-24)20(28)19(25-7-2-3-8-25)16-5-4-6-21-14-16/h4-6,13-15,19H,2-3,7-12H2,1H3/t19-/m0/s1. The number of carbonyl (C=O) groups excluding carboxylic acids is 1. The van der Waals surface area contributed by atoms with Gasteiger partial charge in [0.1, 0.15) is 6.04 Å². The molecule has 0 aliphatic carbocycles. The Morgan fingerprint density at radius 2 is 1.82 bits per heavy atom. The van der Waals surface area contributed by atoms with Crippen molar-refractivity contribution in [3.05, 3.63) is 52.7 Å². The minimum Gasteiger partial charge on any atom is -0.367 e. The van der Waals surface area contributed by atoms with E-state index in [4.69, 9.17) is 0 Å². The fourth-order valence-corrected chi connectivity index (χ4v) is 4.04. The normalized spacial score (nSPS) is 19.0. The fraction of sp³-hybridized carbons (Fsp3) is 0.500. The van der Waals surface area contributed by atoms with Crippen LogP contribution in [0, 0.1) is 0 Å². The zero-order valence-corrected chi connectivity index (χ0v) is 16.2. The van der Waals surface area contributed by atoms with Crippen LogP contribution in [0.4, 0.5) is 5.69 Å². The Hall–Kier alpha value is -2.74. The van der Waals surface area contributed by atoms with E-state index in [0.29, 0.717) is 26.2 Å². The molecule has 4 heterocycles. The highest BCUT2D eigenvalue weighted by Crippen LogP contribution is 2.27. The van der Waals surface area contributed by atoms with Gasteiger partial charge in [-0.1, -0.05) is 6.07 Å². The summed E-state index contributed by atoms with van der Waals surface area (Å²) < 4.78 is 1.32. The van der Waals surface area contributed by atoms with E-state index < -0.39 is 0 Å². The molecule has 28 heavy (non-hydrogen) atoms. The van der Waals surface area contributed by atoms with E-state index >= 15 is 0 Å². The molecule has 0 radical (unpaired) electrons. The van der Waals surface area contributed by atoms with Crippen LogP contribution in [0.3, 0.4) is 0 Å². The molecule has 2 aromatic rings. The number of piperazine rings is 1. The first-order valence-electron chi connectivity index (χ1n) is 9.84. The molecular weight excluding hydrogens is 356 g/mol. The molecule has 2 aliphatic heterocycles. The molecule has 8 nitrogen and oxygen atoms in total. The van der Waals surface area contributed by atoms with Gasteiger partial charge in [-0.05, 0) is 37.6 Å². The van der Waals surface area contributed by atoms with Crippen molar-refractivity contribution < 1.29 is 4.79 Å². The molecule has 0 bridgehead atoms. The lowest BCUT2D eigenvalue weighted by Crippen LogP contribution is -2.52. The topological polar surface area (TPSA) is 74.6 Å². The lowest BCUT2D eigenvalue weighted by molar-refractivity contribution is -0.137. The average Bonchev–Trinajstić information content (AvgIpc) is 3.25. The highest BCUT2D eigenvalue weighted by atomic mass is 16.2. The summed E-state index contributed by atoms with van der Waals surface area (Å²) in [6, 6.07) is 5.24. The van der Waals surface area contributed by atoms with Gasteiger partial charge in [-0.15, -0.1) is 0 Å². The van der Waals surface area contributed by atoms with Gasteiger partial charge in [0.05, 0.1) is 11.9 Å². The van der Waals surface area contributed by atoms with Crippen molar-refractivity contribution in [1.82, 2.24) is 24.6 Å². The minimum absolute atomic E-state index is 0.123. The number of rotatable bonds is 4. The highest BCUT2D eigenvalue weighted by Gasteiger charge is 2.34. The smallest absolute Gasteiger partial charge is 0.268 e. The van der Waals surface area contributed by atoms with Crippen molar-refractivity contribution in [3.63, 3.8) is 0 Å². The van der Waals surface area contributed by atoms with Crippen LogP contribution in [-0.2, 0) is 11.8 Å². The van der Waals surface area contributed by atoms with E-state index in [0.717, 1.165) is 37.2 Å². The summed E-state index contributed by atoms with van der Waals surface area (Å²) in [5.74, 6) is 0.150. The zero-order chi connectivity index (χ0) is 19.5. The van der Waals surface area contributed by atoms with E-state index in [1.807, 2.05) is 23.2 Å². The van der Waals surface area contributed by atoms with E-state index in [-0.39, 0.29) is 17.5 Å². The number of nitrogens with zero attached hydrogens (tertiary/aromatic N) is 6. The molecule has 1 atom stereocenters. The van der Waals surface area contributed by atoms with Crippen LogP contribution < -0.4 is 10.5 Å². The number of aryl methyl sites for hydroxylation is 1. The lowest BCUT2D eigenvalue weighted by atomic mass is 10.1. The molecule has 8 heteroatoms. The van der Waals surface area contributed by atoms with Crippen molar-refractivity contribution >= 4 is 11.6 Å². The summed E-state index contributed by atoms with van der Waals surface area (Å²) in [5.41, 5.74) is 1.66. The van der Waals surface area contributed by atoms with Crippen molar-refractivity contribution in [1.29, 1.82) is 0 Å². The summed E-state index contributed by atoms with van der Waals surface area (Å²) >= 11 is 0. The number of pyridine rings is 1. The predicted octanol–water partition coefficient (Wildman–Crippen LogP) is 0.661. The number of hydrogen-bond acceptors (Lipinski definition) is 6. The molecule has 2 saturated heterocycles. The lowest BCUT2D eigenvalue weighted by Gasteiger charge is -2.39. The van der Waals surface area contributed by atoms with Gasteiger partial charge < -0.3 is 9.80 Å². The van der Waals surface area contributed by atoms with Crippen LogP contribution in [0.15, 0.2) is 41.6 Å². The molecule has 0 unspecified atom stereocenters. The quantitative estimate of drug-likeness (QED) is 0.774. The average molecular weight is 382 g/mol. The third-order valence-corrected chi connectivity index (χ3v) is 5.65. The second-order valence-corrected chi connectivity index (χ2v) is 7.42. The summed E-state index contributed by atoms with van der Waals surface area (Å²) in [7, 11) is 1.64. The Labute approximate surface area is 164 Å². The van der Waals surface area contributed by atoms with Crippen molar-refractivity contribution in [2.75, 3.05) is 44.2 Å². The Morgan fingerprint density at radius 3 is 2.46 bits per heavy atom. The first-order chi connectivity index (χ1) is 13.6. The molecule has 0 spiro atoms. The van der Waals surface area contributed by atoms with Crippen LogP contribution in [0.5, 0.6) is 0 Å². The zero-order valence-electron chi connectivity index (χ0n) is 16.2. The number of carbonyl (C=O) groups is 1. The molecular formula is C20H26N6O2. The Kier molecular flexibility index (Phi) is 5.38. The molecule has 4 rings (SSSR count). The van der Waals surface area contributed by atoms with E-state index in [1.54, 1.807) is 25.5 Å². The maximum Gasteiger partial charge on any atom is 0.268 e. The SMILES string of the molecule is Cn1ncc(N2CCN(C(=O)[C@H](c3cccnc3)N3CCCC3)CC2)cc1=O. The number of aromatic nitrogens is 3. The van der Waals surface area contributed by atoms with E-state index in [9.17, 15) is 9.59 Å². The predicted molar refractivity (Wildman–Crippen MR) is 106 cm³/mol. The van der Waals surface area contributed by atoms with Gasteiger partial charge in [-0.3, -0.25) is 19.5 Å². The third-order valence-electron chi connectivity index (χ3n) is 5.65. The molecule has 0 saturated carbocycles. The summed E-state index contributed by atoms with van der Waals surface area (Å²) in [6.45, 7) is 4.56. The number of amides is 1. The maximum atomic E-state index is 13.4. The van der Waals surface area contributed by atoms with Crippen LogP contribution in [0.1, 0.15) is 24.4 Å². The third kappa shape index (κ3) is 3.77. The van der Waals surface area contributed by atoms with Crippen LogP contribution in [0.25, 0.3) is 0 Å². The van der Waals surface area contributed by atoms with Gasteiger partial charge in [-0.2, -0.15) is 5.10 Å². The van der Waals surface area contributed by atoms with Gasteiger partial charge in [0, 0.05) is 51.7 Å². The highest BCUT2D eigenvalue weighted by molar-refractivity contribution is 5.83. The van der Waals surface area contributed by atoms with Crippen molar-refractivity contribution in [3.8, 4) is 0 Å². The largest absolute Gasteiger partial charge is 0.367 e. The molecule has 2 aromatic heterocycles. The fourth-order valence-electron chi connectivity index (χ4n) is 4.04.